The maximum absolute atomic E-state index is 13.3. The van der Waals surface area contributed by atoms with Gasteiger partial charge in [-0.25, -0.2) is 13.1 Å². The van der Waals surface area contributed by atoms with E-state index in [9.17, 15) is 21.6 Å². The van der Waals surface area contributed by atoms with E-state index in [0.29, 0.717) is 5.56 Å². The summed E-state index contributed by atoms with van der Waals surface area (Å²) in [5, 5.41) is 0. The van der Waals surface area contributed by atoms with Gasteiger partial charge in [-0.05, 0) is 59.9 Å². The zero-order valence-corrected chi connectivity index (χ0v) is 17.3. The molecule has 0 amide bonds. The summed E-state index contributed by atoms with van der Waals surface area (Å²) in [6.45, 7) is 3.61. The van der Waals surface area contributed by atoms with Crippen LogP contribution in [0.3, 0.4) is 0 Å². The molecular weight excluding hydrogens is 413 g/mol. The molecule has 1 heterocycles. The van der Waals surface area contributed by atoms with Crippen molar-refractivity contribution < 1.29 is 21.6 Å². The second-order valence-electron chi connectivity index (χ2n) is 6.85. The van der Waals surface area contributed by atoms with Crippen LogP contribution in [0, 0.1) is 0 Å². The molecule has 4 nitrogen and oxygen atoms in total. The fraction of sp³-hybridized carbons (Fsp3) is 0.227. The number of pyridine rings is 1. The van der Waals surface area contributed by atoms with Crippen LogP contribution in [0.5, 0.6) is 0 Å². The molecule has 0 spiro atoms. The van der Waals surface area contributed by atoms with E-state index in [1.54, 1.807) is 31.5 Å². The predicted molar refractivity (Wildman–Crippen MR) is 109 cm³/mol. The fourth-order valence-electron chi connectivity index (χ4n) is 3.27. The first-order valence-corrected chi connectivity index (χ1v) is 10.8. The number of benzene rings is 2. The molecule has 0 fully saturated rings. The summed E-state index contributed by atoms with van der Waals surface area (Å²) in [6.07, 6.45) is -0.528. The molecule has 2 aromatic carbocycles. The average molecular weight is 434 g/mol. The second-order valence-corrected chi connectivity index (χ2v) is 8.53. The summed E-state index contributed by atoms with van der Waals surface area (Å²) in [6, 6.07) is 12.6. The highest BCUT2D eigenvalue weighted by atomic mass is 32.2. The Kier molecular flexibility index (Phi) is 6.28. The molecule has 3 aromatic rings. The van der Waals surface area contributed by atoms with Gasteiger partial charge in [0, 0.05) is 18.4 Å². The van der Waals surface area contributed by atoms with Crippen LogP contribution in [0.2, 0.25) is 0 Å². The van der Waals surface area contributed by atoms with Gasteiger partial charge < -0.3 is 0 Å². The van der Waals surface area contributed by atoms with E-state index in [1.165, 1.54) is 6.07 Å². The lowest BCUT2D eigenvalue weighted by atomic mass is 9.97. The second kappa shape index (κ2) is 8.57. The summed E-state index contributed by atoms with van der Waals surface area (Å²) < 4.78 is 67.6. The van der Waals surface area contributed by atoms with Crippen LogP contribution in [-0.4, -0.2) is 13.4 Å². The summed E-state index contributed by atoms with van der Waals surface area (Å²) in [7, 11) is -4.39. The zero-order valence-electron chi connectivity index (χ0n) is 16.4. The lowest BCUT2D eigenvalue weighted by Gasteiger charge is -2.18. The van der Waals surface area contributed by atoms with Gasteiger partial charge in [0.05, 0.1) is 10.5 Å². The number of hydrogen-bond donors (Lipinski definition) is 1. The van der Waals surface area contributed by atoms with Crippen LogP contribution >= 0.6 is 0 Å². The number of halogens is 3. The highest BCUT2D eigenvalue weighted by molar-refractivity contribution is 7.89. The third-order valence-electron chi connectivity index (χ3n) is 4.80. The molecule has 1 atom stereocenters. The number of alkyl halides is 3. The van der Waals surface area contributed by atoms with Crippen molar-refractivity contribution >= 4 is 10.0 Å². The van der Waals surface area contributed by atoms with Crippen molar-refractivity contribution in [3.05, 3.63) is 83.7 Å². The first kappa shape index (κ1) is 22.0. The Bertz CT molecular complexity index is 1140. The molecule has 0 aliphatic heterocycles. The lowest BCUT2D eigenvalue weighted by Crippen LogP contribution is -2.29. The Morgan fingerprint density at radius 1 is 1.07 bits per heavy atom. The van der Waals surface area contributed by atoms with Crippen LogP contribution < -0.4 is 4.72 Å². The predicted octanol–water partition coefficient (Wildman–Crippen LogP) is 5.37. The van der Waals surface area contributed by atoms with Gasteiger partial charge in [-0.2, -0.15) is 13.2 Å². The van der Waals surface area contributed by atoms with E-state index >= 15 is 0 Å². The first-order chi connectivity index (χ1) is 14.1. The minimum atomic E-state index is -4.77. The van der Waals surface area contributed by atoms with E-state index in [1.807, 2.05) is 25.1 Å². The Morgan fingerprint density at radius 2 is 1.80 bits per heavy atom. The van der Waals surface area contributed by atoms with E-state index in [0.717, 1.165) is 41.3 Å². The molecule has 30 heavy (non-hydrogen) atoms. The summed E-state index contributed by atoms with van der Waals surface area (Å²) >= 11 is 0. The molecule has 0 aliphatic rings. The Morgan fingerprint density at radius 3 is 2.50 bits per heavy atom. The molecule has 8 heteroatoms. The number of nitrogens with one attached hydrogen (secondary N) is 1. The summed E-state index contributed by atoms with van der Waals surface area (Å²) in [5.41, 5.74) is 2.35. The number of sulfonamides is 1. The van der Waals surface area contributed by atoms with E-state index in [4.69, 9.17) is 0 Å². The first-order valence-electron chi connectivity index (χ1n) is 9.35. The van der Waals surface area contributed by atoms with Crippen molar-refractivity contribution in [1.82, 2.24) is 9.71 Å². The maximum Gasteiger partial charge on any atom is 0.417 e. The number of nitrogens with zero attached hydrogens (tertiary/aromatic N) is 1. The van der Waals surface area contributed by atoms with Crippen molar-refractivity contribution in [2.24, 2.45) is 0 Å². The maximum atomic E-state index is 13.3. The minimum Gasteiger partial charge on any atom is -0.264 e. The fourth-order valence-corrected chi connectivity index (χ4v) is 4.72. The van der Waals surface area contributed by atoms with Crippen molar-refractivity contribution in [3.8, 4) is 11.1 Å². The van der Waals surface area contributed by atoms with E-state index in [-0.39, 0.29) is 0 Å². The topological polar surface area (TPSA) is 59.1 Å². The van der Waals surface area contributed by atoms with Crippen LogP contribution in [-0.2, 0) is 22.6 Å². The van der Waals surface area contributed by atoms with Crippen molar-refractivity contribution in [3.63, 3.8) is 0 Å². The van der Waals surface area contributed by atoms with Crippen LogP contribution in [0.4, 0.5) is 13.2 Å². The Hall–Kier alpha value is -2.71. The molecule has 158 valence electrons. The molecule has 0 saturated heterocycles. The Balaban J connectivity index is 1.93. The molecule has 1 N–H and O–H groups in total. The van der Waals surface area contributed by atoms with Crippen LogP contribution in [0.1, 0.15) is 36.6 Å². The Labute approximate surface area is 173 Å². The van der Waals surface area contributed by atoms with Gasteiger partial charge in [0.15, 0.2) is 0 Å². The van der Waals surface area contributed by atoms with Crippen LogP contribution in [0.15, 0.2) is 71.9 Å². The molecular formula is C22H21F3N2O2S. The lowest BCUT2D eigenvalue weighted by molar-refractivity contribution is -0.139. The summed E-state index contributed by atoms with van der Waals surface area (Å²) in [5.74, 6) is 0. The van der Waals surface area contributed by atoms with Crippen molar-refractivity contribution in [2.45, 2.75) is 37.4 Å². The van der Waals surface area contributed by atoms with Gasteiger partial charge in [0.1, 0.15) is 0 Å². The third-order valence-corrected chi connectivity index (χ3v) is 6.39. The molecule has 1 unspecified atom stereocenters. The molecule has 0 radical (unpaired) electrons. The van der Waals surface area contributed by atoms with Gasteiger partial charge >= 0.3 is 6.18 Å². The number of rotatable bonds is 6. The highest BCUT2D eigenvalue weighted by Gasteiger charge is 2.37. The largest absolute Gasteiger partial charge is 0.417 e. The van der Waals surface area contributed by atoms with E-state index in [2.05, 4.69) is 9.71 Å². The van der Waals surface area contributed by atoms with Crippen molar-refractivity contribution in [1.29, 1.82) is 0 Å². The minimum absolute atomic E-state index is 0.638. The highest BCUT2D eigenvalue weighted by Crippen LogP contribution is 2.34. The van der Waals surface area contributed by atoms with Gasteiger partial charge in [-0.15, -0.1) is 0 Å². The van der Waals surface area contributed by atoms with E-state index < -0.39 is 32.7 Å². The molecule has 1 aromatic heterocycles. The number of hydrogen-bond acceptors (Lipinski definition) is 3. The number of aromatic nitrogens is 1. The average Bonchev–Trinajstić information content (AvgIpc) is 2.73. The summed E-state index contributed by atoms with van der Waals surface area (Å²) in [4.78, 5) is 3.34. The van der Waals surface area contributed by atoms with Gasteiger partial charge in [-0.3, -0.25) is 4.98 Å². The van der Waals surface area contributed by atoms with Crippen LogP contribution in [0.25, 0.3) is 11.1 Å². The SMILES string of the molecule is CCc1cnccc1-c1cccc(C(C)NS(=O)(=O)c2ccccc2C(F)(F)F)c1. The quantitative estimate of drug-likeness (QED) is 0.568. The van der Waals surface area contributed by atoms with Gasteiger partial charge in [0.25, 0.3) is 0 Å². The van der Waals surface area contributed by atoms with Crippen molar-refractivity contribution in [2.75, 3.05) is 0 Å². The monoisotopic (exact) mass is 434 g/mol. The molecule has 0 aliphatic carbocycles. The zero-order chi connectivity index (χ0) is 21.9. The molecule has 3 rings (SSSR count). The molecule has 0 saturated carbocycles. The molecule has 0 bridgehead atoms. The standard InChI is InChI=1S/C22H21F3N2O2S/c1-3-16-14-26-12-11-19(16)18-8-6-7-17(13-18)15(2)27-30(28,29)21-10-5-4-9-20(21)22(23,24)25/h4-15,27H,3H2,1-2H3. The number of aryl methyl sites for hydroxylation is 1. The normalized spacial score (nSPS) is 13.2. The van der Waals surface area contributed by atoms with Gasteiger partial charge in [-0.1, -0.05) is 37.3 Å². The van der Waals surface area contributed by atoms with Gasteiger partial charge in [0.2, 0.25) is 10.0 Å². The third kappa shape index (κ3) is 4.71. The smallest absolute Gasteiger partial charge is 0.264 e.